The predicted molar refractivity (Wildman–Crippen MR) is 89.3 cm³/mol. The zero-order chi connectivity index (χ0) is 15.3. The molecule has 1 heterocycles. The Balaban J connectivity index is 2.09. The summed E-state index contributed by atoms with van der Waals surface area (Å²) in [6.45, 7) is 10.9. The smallest absolute Gasteiger partial charge is 0.242 e. The Labute approximate surface area is 129 Å². The quantitative estimate of drug-likeness (QED) is 0.791. The topological polar surface area (TPSA) is 44.7 Å². The van der Waals surface area contributed by atoms with Gasteiger partial charge in [0.1, 0.15) is 5.75 Å². The van der Waals surface area contributed by atoms with E-state index in [4.69, 9.17) is 4.43 Å². The Kier molecular flexibility index (Phi) is 5.81. The van der Waals surface area contributed by atoms with Gasteiger partial charge in [0.05, 0.1) is 0 Å². The molecule has 0 aliphatic carbocycles. The van der Waals surface area contributed by atoms with Crippen LogP contribution in [0, 0.1) is 0 Å². The summed E-state index contributed by atoms with van der Waals surface area (Å²) in [5.41, 5.74) is 1.27. The fourth-order valence-electron chi connectivity index (χ4n) is 2.79. The van der Waals surface area contributed by atoms with Crippen LogP contribution in [0.5, 0.6) is 5.75 Å². The highest BCUT2D eigenvalue weighted by molar-refractivity contribution is 6.70. The van der Waals surface area contributed by atoms with Crippen LogP contribution in [0.25, 0.3) is 0 Å². The van der Waals surface area contributed by atoms with Crippen molar-refractivity contribution >= 4 is 8.32 Å². The maximum atomic E-state index is 9.37. The summed E-state index contributed by atoms with van der Waals surface area (Å²) in [5, 5.41) is 12.8. The molecule has 1 fully saturated rings. The van der Waals surface area contributed by atoms with Crippen molar-refractivity contribution in [2.45, 2.75) is 32.1 Å². The van der Waals surface area contributed by atoms with Gasteiger partial charge in [-0.1, -0.05) is 12.1 Å². The van der Waals surface area contributed by atoms with Gasteiger partial charge in [0.15, 0.2) is 0 Å². The third kappa shape index (κ3) is 5.11. The van der Waals surface area contributed by atoms with Gasteiger partial charge in [0.25, 0.3) is 0 Å². The van der Waals surface area contributed by atoms with Gasteiger partial charge in [-0.15, -0.1) is 0 Å². The molecule has 2 rings (SSSR count). The van der Waals surface area contributed by atoms with Crippen molar-refractivity contribution in [1.29, 1.82) is 0 Å². The number of hydrogen-bond acceptors (Lipinski definition) is 4. The molecule has 0 bridgehead atoms. The molecule has 1 aliphatic heterocycles. The van der Waals surface area contributed by atoms with Crippen LogP contribution in [-0.4, -0.2) is 51.1 Å². The normalized spacial score (nSPS) is 18.5. The number of hydrogen-bond donors (Lipinski definition) is 2. The molecule has 1 saturated heterocycles. The second kappa shape index (κ2) is 7.40. The first-order chi connectivity index (χ1) is 9.99. The summed E-state index contributed by atoms with van der Waals surface area (Å²) in [7, 11) is -1.55. The van der Waals surface area contributed by atoms with Crippen LogP contribution in [-0.2, 0) is 0 Å². The fraction of sp³-hybridized carbons (Fsp3) is 0.625. The van der Waals surface area contributed by atoms with Crippen molar-refractivity contribution in [3.63, 3.8) is 0 Å². The molecular weight excluding hydrogens is 280 g/mol. The van der Waals surface area contributed by atoms with Crippen LogP contribution in [0.3, 0.4) is 0 Å². The predicted octanol–water partition coefficient (Wildman–Crippen LogP) is 2.23. The molecule has 1 aromatic carbocycles. The molecule has 0 spiro atoms. The highest BCUT2D eigenvalue weighted by atomic mass is 28.4. The standard InChI is InChI=1S/C16H28N2O2Si/c1-21(2,3)20-15-6-4-14(5-7-15)16(8-13-19)18-11-9-17-10-12-18/h4-7,16-17,19H,8-13H2,1-3H3/t16-/m1/s1. The second-order valence-corrected chi connectivity index (χ2v) is 11.0. The van der Waals surface area contributed by atoms with E-state index in [1.165, 1.54) is 5.56 Å². The summed E-state index contributed by atoms with van der Waals surface area (Å²) in [5.74, 6) is 0.959. The summed E-state index contributed by atoms with van der Waals surface area (Å²) in [4.78, 5) is 2.46. The van der Waals surface area contributed by atoms with Crippen molar-refractivity contribution in [3.8, 4) is 5.75 Å². The van der Waals surface area contributed by atoms with Crippen molar-refractivity contribution in [1.82, 2.24) is 10.2 Å². The second-order valence-electron chi connectivity index (χ2n) is 6.60. The minimum atomic E-state index is -1.55. The molecule has 0 radical (unpaired) electrons. The number of benzene rings is 1. The van der Waals surface area contributed by atoms with Crippen LogP contribution in [0.2, 0.25) is 19.6 Å². The molecule has 0 saturated carbocycles. The van der Waals surface area contributed by atoms with E-state index in [1.54, 1.807) is 0 Å². The SMILES string of the molecule is C[Si](C)(C)Oc1ccc([C@@H](CCO)N2CCNCC2)cc1. The maximum Gasteiger partial charge on any atom is 0.242 e. The van der Waals surface area contributed by atoms with E-state index in [0.717, 1.165) is 38.3 Å². The van der Waals surface area contributed by atoms with Crippen molar-refractivity contribution in [2.75, 3.05) is 32.8 Å². The lowest BCUT2D eigenvalue weighted by molar-refractivity contribution is 0.141. The van der Waals surface area contributed by atoms with Gasteiger partial charge in [-0.05, 0) is 43.8 Å². The Morgan fingerprint density at radius 3 is 2.33 bits per heavy atom. The average Bonchev–Trinajstić information content (AvgIpc) is 2.45. The Hall–Kier alpha value is -0.883. The first-order valence-corrected chi connectivity index (χ1v) is 11.2. The molecule has 2 N–H and O–H groups in total. The zero-order valence-corrected chi connectivity index (χ0v) is 14.4. The minimum absolute atomic E-state index is 0.224. The lowest BCUT2D eigenvalue weighted by Gasteiger charge is -2.35. The number of nitrogens with one attached hydrogen (secondary N) is 1. The van der Waals surface area contributed by atoms with Crippen LogP contribution in [0.1, 0.15) is 18.0 Å². The van der Waals surface area contributed by atoms with Gasteiger partial charge in [-0.2, -0.15) is 0 Å². The Morgan fingerprint density at radius 1 is 1.19 bits per heavy atom. The highest BCUT2D eigenvalue weighted by Gasteiger charge is 2.22. The van der Waals surface area contributed by atoms with Crippen LogP contribution < -0.4 is 9.74 Å². The van der Waals surface area contributed by atoms with Crippen LogP contribution >= 0.6 is 0 Å². The number of aliphatic hydroxyl groups is 1. The molecule has 0 amide bonds. The molecule has 1 aliphatic rings. The number of rotatable bonds is 6. The summed E-state index contributed by atoms with van der Waals surface area (Å²) < 4.78 is 6.01. The molecule has 1 aromatic rings. The summed E-state index contributed by atoms with van der Waals surface area (Å²) in [6.07, 6.45) is 0.786. The summed E-state index contributed by atoms with van der Waals surface area (Å²) in [6, 6.07) is 8.74. The van der Waals surface area contributed by atoms with Gasteiger partial charge < -0.3 is 14.8 Å². The average molecular weight is 308 g/mol. The van der Waals surface area contributed by atoms with Crippen molar-refractivity contribution < 1.29 is 9.53 Å². The fourth-order valence-corrected chi connectivity index (χ4v) is 3.63. The monoisotopic (exact) mass is 308 g/mol. The van der Waals surface area contributed by atoms with Gasteiger partial charge in [-0.25, -0.2) is 0 Å². The van der Waals surface area contributed by atoms with E-state index in [2.05, 4.69) is 54.1 Å². The lowest BCUT2D eigenvalue weighted by atomic mass is 10.0. The van der Waals surface area contributed by atoms with E-state index in [-0.39, 0.29) is 6.61 Å². The van der Waals surface area contributed by atoms with Crippen molar-refractivity contribution in [3.05, 3.63) is 29.8 Å². The van der Waals surface area contributed by atoms with E-state index >= 15 is 0 Å². The van der Waals surface area contributed by atoms with Crippen LogP contribution in [0.4, 0.5) is 0 Å². The molecule has 0 unspecified atom stereocenters. The van der Waals surface area contributed by atoms with E-state index < -0.39 is 8.32 Å². The van der Waals surface area contributed by atoms with Gasteiger partial charge in [0, 0.05) is 38.8 Å². The summed E-state index contributed by atoms with van der Waals surface area (Å²) >= 11 is 0. The third-order valence-electron chi connectivity index (χ3n) is 3.68. The van der Waals surface area contributed by atoms with Crippen LogP contribution in [0.15, 0.2) is 24.3 Å². The molecule has 4 nitrogen and oxygen atoms in total. The molecule has 5 heteroatoms. The first-order valence-electron chi connectivity index (χ1n) is 7.84. The molecule has 1 atom stereocenters. The number of piperazine rings is 1. The first kappa shape index (κ1) is 16.5. The molecule has 0 aromatic heterocycles. The number of nitrogens with zero attached hydrogens (tertiary/aromatic N) is 1. The minimum Gasteiger partial charge on any atom is -0.544 e. The van der Waals surface area contributed by atoms with Gasteiger partial charge in [0.2, 0.25) is 8.32 Å². The number of aliphatic hydroxyl groups excluding tert-OH is 1. The molecule has 118 valence electrons. The molecular formula is C16H28N2O2Si. The van der Waals surface area contributed by atoms with Gasteiger partial charge >= 0.3 is 0 Å². The Morgan fingerprint density at radius 2 is 1.81 bits per heavy atom. The lowest BCUT2D eigenvalue weighted by Crippen LogP contribution is -2.45. The van der Waals surface area contributed by atoms with E-state index in [9.17, 15) is 5.11 Å². The zero-order valence-electron chi connectivity index (χ0n) is 13.4. The Bertz CT molecular complexity index is 425. The highest BCUT2D eigenvalue weighted by Crippen LogP contribution is 2.27. The third-order valence-corrected chi connectivity index (χ3v) is 4.53. The molecule has 21 heavy (non-hydrogen) atoms. The van der Waals surface area contributed by atoms with E-state index in [1.807, 2.05) is 0 Å². The van der Waals surface area contributed by atoms with Crippen molar-refractivity contribution in [2.24, 2.45) is 0 Å². The maximum absolute atomic E-state index is 9.37. The van der Waals surface area contributed by atoms with E-state index in [0.29, 0.717) is 6.04 Å². The van der Waals surface area contributed by atoms with Gasteiger partial charge in [-0.3, -0.25) is 4.90 Å². The largest absolute Gasteiger partial charge is 0.544 e.